The maximum atomic E-state index is 12.9. The van der Waals surface area contributed by atoms with Crippen LogP contribution in [0, 0.1) is 0 Å². The summed E-state index contributed by atoms with van der Waals surface area (Å²) in [5, 5.41) is 8.28. The summed E-state index contributed by atoms with van der Waals surface area (Å²) in [6.07, 6.45) is -4.12. The van der Waals surface area contributed by atoms with Gasteiger partial charge in [-0.3, -0.25) is 4.79 Å². The van der Waals surface area contributed by atoms with Gasteiger partial charge in [0.15, 0.2) is 5.78 Å². The molecule has 2 aromatic carbocycles. The molecule has 2 aromatic rings. The molecule has 0 heterocycles. The number of rotatable bonds is 6. The summed E-state index contributed by atoms with van der Waals surface area (Å²) in [7, 11) is 0. The Labute approximate surface area is 125 Å². The molecule has 0 bridgehead atoms. The van der Waals surface area contributed by atoms with E-state index < -0.39 is 12.1 Å². The molecule has 0 aliphatic rings. The molecule has 114 valence electrons. The first kappa shape index (κ1) is 15.6. The molecule has 0 atom stereocenters. The van der Waals surface area contributed by atoms with Crippen molar-refractivity contribution in [1.82, 2.24) is 0 Å². The molecule has 0 aliphatic heterocycles. The van der Waals surface area contributed by atoms with E-state index in [9.17, 15) is 18.4 Å². The van der Waals surface area contributed by atoms with Gasteiger partial charge < -0.3 is 9.84 Å². The second-order valence-electron chi connectivity index (χ2n) is 4.53. The molecule has 0 amide bonds. The molecule has 0 radical (unpaired) electrons. The fraction of sp³-hybridized carbons (Fsp3) is 0.125. The summed E-state index contributed by atoms with van der Waals surface area (Å²) in [5.41, 5.74) is 1.17. The van der Waals surface area contributed by atoms with Gasteiger partial charge in [0.1, 0.15) is 5.75 Å². The number of benzene rings is 2. The van der Waals surface area contributed by atoms with Crippen LogP contribution in [0.25, 0.3) is 0 Å². The number of carboxylic acid groups (broad SMARTS) is 1. The summed E-state index contributed by atoms with van der Waals surface area (Å²) in [6, 6.07) is 14.0. The molecule has 0 aliphatic carbocycles. The number of carbonyl (C=O) groups excluding carboxylic acids is 1. The van der Waals surface area contributed by atoms with Crippen molar-refractivity contribution in [3.8, 4) is 5.75 Å². The second kappa shape index (κ2) is 6.34. The number of hydrogen-bond acceptors (Lipinski definition) is 3. The zero-order valence-corrected chi connectivity index (χ0v) is 11.3. The molecular formula is C16H12F2O4. The van der Waals surface area contributed by atoms with Gasteiger partial charge in [-0.15, -0.1) is 0 Å². The largest absolute Gasteiger partial charge is 0.501 e. The van der Waals surface area contributed by atoms with Gasteiger partial charge in [-0.1, -0.05) is 30.3 Å². The van der Waals surface area contributed by atoms with Crippen molar-refractivity contribution in [3.63, 3.8) is 0 Å². The van der Waals surface area contributed by atoms with Crippen molar-refractivity contribution < 1.29 is 28.2 Å². The Morgan fingerprint density at radius 3 is 2.14 bits per heavy atom. The van der Waals surface area contributed by atoms with Gasteiger partial charge in [0, 0.05) is 12.0 Å². The zero-order valence-electron chi connectivity index (χ0n) is 11.3. The van der Waals surface area contributed by atoms with Gasteiger partial charge >= 0.3 is 12.1 Å². The van der Waals surface area contributed by atoms with E-state index in [1.165, 1.54) is 12.1 Å². The minimum atomic E-state index is -4.31. The third-order valence-corrected chi connectivity index (χ3v) is 2.88. The zero-order chi connectivity index (χ0) is 16.2. The van der Waals surface area contributed by atoms with E-state index in [-0.39, 0.29) is 18.0 Å². The first-order chi connectivity index (χ1) is 10.4. The monoisotopic (exact) mass is 306 g/mol. The van der Waals surface area contributed by atoms with Crippen LogP contribution in [0.15, 0.2) is 54.6 Å². The molecule has 22 heavy (non-hydrogen) atoms. The van der Waals surface area contributed by atoms with Gasteiger partial charge in [-0.25, -0.2) is 4.79 Å². The third kappa shape index (κ3) is 3.88. The van der Waals surface area contributed by atoms with E-state index in [4.69, 9.17) is 5.11 Å². The number of carboxylic acids is 1. The number of halogens is 2. The van der Waals surface area contributed by atoms with Gasteiger partial charge in [-0.2, -0.15) is 8.78 Å². The highest BCUT2D eigenvalue weighted by atomic mass is 19.3. The fourth-order valence-electron chi connectivity index (χ4n) is 1.78. The molecule has 2 rings (SSSR count). The summed E-state index contributed by atoms with van der Waals surface area (Å²) in [5.74, 6) is -2.89. The lowest BCUT2D eigenvalue weighted by Gasteiger charge is -2.13. The van der Waals surface area contributed by atoms with Crippen LogP contribution < -0.4 is 4.74 Å². The Hall–Kier alpha value is -2.76. The molecule has 4 nitrogen and oxygen atoms in total. The Bertz CT molecular complexity index is 666. The Kier molecular flexibility index (Phi) is 4.50. The predicted molar refractivity (Wildman–Crippen MR) is 74.1 cm³/mol. The van der Waals surface area contributed by atoms with Crippen LogP contribution in [0.1, 0.15) is 15.9 Å². The predicted octanol–water partition coefficient (Wildman–Crippen LogP) is 3.17. The Morgan fingerprint density at radius 1 is 1.00 bits per heavy atom. The van der Waals surface area contributed by atoms with Crippen molar-refractivity contribution in [1.29, 1.82) is 0 Å². The summed E-state index contributed by atoms with van der Waals surface area (Å²) < 4.78 is 29.9. The van der Waals surface area contributed by atoms with Gasteiger partial charge in [-0.05, 0) is 29.8 Å². The van der Waals surface area contributed by atoms with Gasteiger partial charge in [0.2, 0.25) is 0 Å². The fourth-order valence-corrected chi connectivity index (χ4v) is 1.78. The van der Waals surface area contributed by atoms with E-state index >= 15 is 0 Å². The number of ketones is 1. The average Bonchev–Trinajstić information content (AvgIpc) is 2.48. The molecule has 0 unspecified atom stereocenters. The van der Waals surface area contributed by atoms with Crippen LogP contribution in [0.3, 0.4) is 0 Å². The van der Waals surface area contributed by atoms with E-state index in [0.29, 0.717) is 5.56 Å². The molecule has 1 N–H and O–H groups in total. The van der Waals surface area contributed by atoms with Crippen LogP contribution in [-0.4, -0.2) is 23.0 Å². The van der Waals surface area contributed by atoms with E-state index in [1.54, 1.807) is 0 Å². The molecule has 0 fully saturated rings. The number of aliphatic carboxylic acids is 1. The smallest absolute Gasteiger partial charge is 0.474 e. The van der Waals surface area contributed by atoms with Crippen molar-refractivity contribution >= 4 is 11.8 Å². The van der Waals surface area contributed by atoms with Crippen LogP contribution in [0.2, 0.25) is 0 Å². The van der Waals surface area contributed by atoms with Crippen LogP contribution in [-0.2, 0) is 11.2 Å². The van der Waals surface area contributed by atoms with Crippen molar-refractivity contribution in [2.75, 3.05) is 0 Å². The lowest BCUT2D eigenvalue weighted by atomic mass is 10.0. The first-order valence-corrected chi connectivity index (χ1v) is 6.36. The maximum Gasteiger partial charge on any atom is 0.501 e. The minimum absolute atomic E-state index is 0.178. The third-order valence-electron chi connectivity index (χ3n) is 2.88. The highest BCUT2D eigenvalue weighted by molar-refractivity contribution is 5.97. The van der Waals surface area contributed by atoms with Gasteiger partial charge in [0.25, 0.3) is 0 Å². The summed E-state index contributed by atoms with van der Waals surface area (Å²) >= 11 is 0. The molecule has 6 heteroatoms. The maximum absolute atomic E-state index is 12.9. The second-order valence-corrected chi connectivity index (χ2v) is 4.53. The SMILES string of the molecule is O=C(Cc1ccccc1)c1ccc(OC(F)(F)C(=O)O)cc1. The molecular weight excluding hydrogens is 294 g/mol. The number of ether oxygens (including phenoxy) is 1. The molecule has 0 saturated carbocycles. The van der Waals surface area contributed by atoms with E-state index in [1.807, 2.05) is 30.3 Å². The van der Waals surface area contributed by atoms with Crippen LogP contribution in [0.5, 0.6) is 5.75 Å². The normalized spacial score (nSPS) is 11.0. The first-order valence-electron chi connectivity index (χ1n) is 6.36. The van der Waals surface area contributed by atoms with Crippen molar-refractivity contribution in [3.05, 3.63) is 65.7 Å². The highest BCUT2D eigenvalue weighted by Gasteiger charge is 2.42. The van der Waals surface area contributed by atoms with E-state index in [0.717, 1.165) is 17.7 Å². The van der Waals surface area contributed by atoms with Crippen molar-refractivity contribution in [2.24, 2.45) is 0 Å². The average molecular weight is 306 g/mol. The lowest BCUT2D eigenvalue weighted by molar-refractivity contribution is -0.210. The number of carbonyl (C=O) groups is 2. The lowest BCUT2D eigenvalue weighted by Crippen LogP contribution is -2.34. The van der Waals surface area contributed by atoms with Crippen molar-refractivity contribution in [2.45, 2.75) is 12.5 Å². The topological polar surface area (TPSA) is 63.6 Å². The Morgan fingerprint density at radius 2 is 1.59 bits per heavy atom. The van der Waals surface area contributed by atoms with Crippen LogP contribution >= 0.6 is 0 Å². The standard InChI is InChI=1S/C16H12F2O4/c17-16(18,15(20)21)22-13-8-6-12(7-9-13)14(19)10-11-4-2-1-3-5-11/h1-9H,10H2,(H,20,21). The van der Waals surface area contributed by atoms with Gasteiger partial charge in [0.05, 0.1) is 0 Å². The molecule has 0 saturated heterocycles. The molecule has 0 aromatic heterocycles. The minimum Gasteiger partial charge on any atom is -0.474 e. The number of Topliss-reactive ketones (excluding diaryl/α,β-unsaturated/α-hetero) is 1. The molecule has 0 spiro atoms. The number of alkyl halides is 2. The summed E-state index contributed by atoms with van der Waals surface area (Å²) in [6.45, 7) is 0. The quantitative estimate of drug-likeness (QED) is 0.833. The number of hydrogen-bond donors (Lipinski definition) is 1. The van der Waals surface area contributed by atoms with Crippen LogP contribution in [0.4, 0.5) is 8.78 Å². The Balaban J connectivity index is 2.05. The highest BCUT2D eigenvalue weighted by Crippen LogP contribution is 2.22. The summed E-state index contributed by atoms with van der Waals surface area (Å²) in [4.78, 5) is 22.3. The van der Waals surface area contributed by atoms with E-state index in [2.05, 4.69) is 4.74 Å².